The van der Waals surface area contributed by atoms with Crippen molar-refractivity contribution in [3.05, 3.63) is 29.3 Å². The quantitative estimate of drug-likeness (QED) is 0.869. The average Bonchev–Trinajstić information content (AvgIpc) is 2.92. The van der Waals surface area contributed by atoms with Gasteiger partial charge < -0.3 is 10.6 Å². The van der Waals surface area contributed by atoms with Gasteiger partial charge in [-0.25, -0.2) is 0 Å². The number of anilines is 1. The molecule has 1 unspecified atom stereocenters. The summed E-state index contributed by atoms with van der Waals surface area (Å²) < 4.78 is 0. The summed E-state index contributed by atoms with van der Waals surface area (Å²) in [4.78, 5) is 11.9. The van der Waals surface area contributed by atoms with Gasteiger partial charge in [-0.2, -0.15) is 5.26 Å². The summed E-state index contributed by atoms with van der Waals surface area (Å²) in [7, 11) is 0. The lowest BCUT2D eigenvalue weighted by Crippen LogP contribution is -2.15. The molecular formula is C15H19N3O. The molecule has 100 valence electrons. The fourth-order valence-corrected chi connectivity index (χ4v) is 2.33. The van der Waals surface area contributed by atoms with Crippen LogP contribution in [-0.4, -0.2) is 19.0 Å². The minimum absolute atomic E-state index is 0.0325. The molecule has 1 aliphatic heterocycles. The first kappa shape index (κ1) is 13.6. The van der Waals surface area contributed by atoms with Crippen LogP contribution in [0.4, 0.5) is 5.69 Å². The summed E-state index contributed by atoms with van der Waals surface area (Å²) in [6, 6.07) is 7.43. The van der Waals surface area contributed by atoms with Gasteiger partial charge in [0.25, 0.3) is 0 Å². The van der Waals surface area contributed by atoms with Crippen LogP contribution < -0.4 is 10.6 Å². The molecule has 0 spiro atoms. The molecular weight excluding hydrogens is 238 g/mol. The van der Waals surface area contributed by atoms with Gasteiger partial charge in [0.2, 0.25) is 5.91 Å². The maximum Gasteiger partial charge on any atom is 0.224 e. The van der Waals surface area contributed by atoms with Crippen molar-refractivity contribution < 1.29 is 4.79 Å². The van der Waals surface area contributed by atoms with Crippen LogP contribution in [-0.2, 0) is 4.79 Å². The normalized spacial score (nSPS) is 18.0. The van der Waals surface area contributed by atoms with Crippen LogP contribution in [0, 0.1) is 24.2 Å². The molecule has 2 N–H and O–H groups in total. The Morgan fingerprint density at radius 1 is 1.58 bits per heavy atom. The van der Waals surface area contributed by atoms with Gasteiger partial charge in [0.1, 0.15) is 0 Å². The molecule has 0 saturated carbocycles. The molecule has 1 aromatic rings. The molecule has 19 heavy (non-hydrogen) atoms. The molecule has 2 rings (SSSR count). The second-order valence-electron chi connectivity index (χ2n) is 5.09. The number of aryl methyl sites for hydroxylation is 1. The topological polar surface area (TPSA) is 64.9 Å². The molecule has 1 heterocycles. The second kappa shape index (κ2) is 6.35. The van der Waals surface area contributed by atoms with Crippen LogP contribution in [0.5, 0.6) is 0 Å². The highest BCUT2D eigenvalue weighted by molar-refractivity contribution is 5.91. The zero-order chi connectivity index (χ0) is 13.7. The van der Waals surface area contributed by atoms with Crippen molar-refractivity contribution >= 4 is 11.6 Å². The zero-order valence-corrected chi connectivity index (χ0v) is 11.2. The molecule has 1 aliphatic rings. The summed E-state index contributed by atoms with van der Waals surface area (Å²) in [5, 5.41) is 15.1. The van der Waals surface area contributed by atoms with E-state index in [0.29, 0.717) is 17.9 Å². The number of amides is 1. The lowest BCUT2D eigenvalue weighted by Gasteiger charge is -2.10. The lowest BCUT2D eigenvalue weighted by molar-refractivity contribution is -0.116. The molecule has 1 amide bonds. The minimum atomic E-state index is 0.0325. The van der Waals surface area contributed by atoms with E-state index in [9.17, 15) is 4.79 Å². The highest BCUT2D eigenvalue weighted by Gasteiger charge is 2.16. The fraction of sp³-hybridized carbons (Fsp3) is 0.467. The molecule has 1 saturated heterocycles. The Morgan fingerprint density at radius 2 is 2.42 bits per heavy atom. The molecule has 0 bridgehead atoms. The van der Waals surface area contributed by atoms with Crippen molar-refractivity contribution in [3.63, 3.8) is 0 Å². The third-order valence-electron chi connectivity index (χ3n) is 3.58. The monoisotopic (exact) mass is 257 g/mol. The highest BCUT2D eigenvalue weighted by atomic mass is 16.1. The smallest absolute Gasteiger partial charge is 0.224 e. The van der Waals surface area contributed by atoms with Crippen LogP contribution >= 0.6 is 0 Å². The molecule has 4 nitrogen and oxygen atoms in total. The van der Waals surface area contributed by atoms with E-state index in [4.69, 9.17) is 5.26 Å². The Balaban J connectivity index is 1.89. The Labute approximate surface area is 113 Å². The summed E-state index contributed by atoms with van der Waals surface area (Å²) >= 11 is 0. The minimum Gasteiger partial charge on any atom is -0.326 e. The van der Waals surface area contributed by atoms with Crippen molar-refractivity contribution in [1.29, 1.82) is 5.26 Å². The maximum absolute atomic E-state index is 11.9. The van der Waals surface area contributed by atoms with Gasteiger partial charge in [0, 0.05) is 12.1 Å². The average molecular weight is 257 g/mol. The van der Waals surface area contributed by atoms with E-state index in [1.165, 1.54) is 0 Å². The van der Waals surface area contributed by atoms with Crippen LogP contribution in [0.2, 0.25) is 0 Å². The van der Waals surface area contributed by atoms with E-state index >= 15 is 0 Å². The third-order valence-corrected chi connectivity index (χ3v) is 3.58. The van der Waals surface area contributed by atoms with Crippen molar-refractivity contribution in [1.82, 2.24) is 5.32 Å². The van der Waals surface area contributed by atoms with E-state index in [2.05, 4.69) is 16.7 Å². The van der Waals surface area contributed by atoms with Crippen LogP contribution in [0.15, 0.2) is 18.2 Å². The predicted molar refractivity (Wildman–Crippen MR) is 74.7 cm³/mol. The Bertz CT molecular complexity index is 499. The van der Waals surface area contributed by atoms with Crippen molar-refractivity contribution in [2.24, 2.45) is 5.92 Å². The highest BCUT2D eigenvalue weighted by Crippen LogP contribution is 2.18. The molecule has 0 radical (unpaired) electrons. The van der Waals surface area contributed by atoms with Gasteiger partial charge in [-0.05, 0) is 56.5 Å². The number of rotatable bonds is 4. The first-order valence-electron chi connectivity index (χ1n) is 6.70. The predicted octanol–water partition coefficient (Wildman–Crippen LogP) is 2.19. The summed E-state index contributed by atoms with van der Waals surface area (Å²) in [6.45, 7) is 4.02. The molecule has 1 fully saturated rings. The van der Waals surface area contributed by atoms with Crippen molar-refractivity contribution in [2.45, 2.75) is 26.2 Å². The first-order valence-corrected chi connectivity index (χ1v) is 6.70. The Kier molecular flexibility index (Phi) is 4.53. The Hall–Kier alpha value is -1.86. The molecule has 0 aliphatic carbocycles. The van der Waals surface area contributed by atoms with E-state index in [1.54, 1.807) is 12.1 Å². The molecule has 1 atom stereocenters. The molecule has 0 aromatic heterocycles. The van der Waals surface area contributed by atoms with Gasteiger partial charge >= 0.3 is 0 Å². The Morgan fingerprint density at radius 3 is 3.11 bits per heavy atom. The van der Waals surface area contributed by atoms with Gasteiger partial charge in [-0.3, -0.25) is 4.79 Å². The first-order chi connectivity index (χ1) is 9.19. The van der Waals surface area contributed by atoms with E-state index in [1.807, 2.05) is 13.0 Å². The number of nitriles is 1. The van der Waals surface area contributed by atoms with E-state index < -0.39 is 0 Å². The number of benzene rings is 1. The van der Waals surface area contributed by atoms with Crippen LogP contribution in [0.3, 0.4) is 0 Å². The number of carbonyl (C=O) groups is 1. The van der Waals surface area contributed by atoms with Crippen LogP contribution in [0.1, 0.15) is 30.4 Å². The van der Waals surface area contributed by atoms with Gasteiger partial charge in [0.15, 0.2) is 0 Å². The lowest BCUT2D eigenvalue weighted by atomic mass is 10.0. The fourth-order valence-electron chi connectivity index (χ4n) is 2.33. The zero-order valence-electron chi connectivity index (χ0n) is 11.2. The molecule has 1 aromatic carbocycles. The van der Waals surface area contributed by atoms with Crippen molar-refractivity contribution in [2.75, 3.05) is 18.4 Å². The summed E-state index contributed by atoms with van der Waals surface area (Å²) in [5.41, 5.74) is 2.30. The van der Waals surface area contributed by atoms with E-state index in [-0.39, 0.29) is 5.91 Å². The van der Waals surface area contributed by atoms with Crippen LogP contribution in [0.25, 0.3) is 0 Å². The van der Waals surface area contributed by atoms with Crippen molar-refractivity contribution in [3.8, 4) is 6.07 Å². The standard InChI is InChI=1S/C15H19N3O/c1-11-2-3-13(9-16)8-14(11)18-15(19)5-4-12-6-7-17-10-12/h2-3,8,12,17H,4-7,10H2,1H3,(H,18,19). The third kappa shape index (κ3) is 3.80. The number of nitrogens with zero attached hydrogens (tertiary/aromatic N) is 1. The van der Waals surface area contributed by atoms with E-state index in [0.717, 1.165) is 37.2 Å². The SMILES string of the molecule is Cc1ccc(C#N)cc1NC(=O)CCC1CCNC1. The van der Waals surface area contributed by atoms with Gasteiger partial charge in [0.05, 0.1) is 11.6 Å². The second-order valence-corrected chi connectivity index (χ2v) is 5.09. The number of hydrogen-bond acceptors (Lipinski definition) is 3. The molecule has 4 heteroatoms. The number of hydrogen-bond donors (Lipinski definition) is 2. The summed E-state index contributed by atoms with van der Waals surface area (Å²) in [6.07, 6.45) is 2.63. The largest absolute Gasteiger partial charge is 0.326 e. The van der Waals surface area contributed by atoms with Gasteiger partial charge in [-0.15, -0.1) is 0 Å². The summed E-state index contributed by atoms with van der Waals surface area (Å²) in [5.74, 6) is 0.655. The van der Waals surface area contributed by atoms with Gasteiger partial charge in [-0.1, -0.05) is 6.07 Å². The number of nitrogens with one attached hydrogen (secondary N) is 2. The number of carbonyl (C=O) groups excluding carboxylic acids is 1. The maximum atomic E-state index is 11.9.